The first-order valence-electron chi connectivity index (χ1n) is 17.1. The lowest BCUT2D eigenvalue weighted by molar-refractivity contribution is -0.112. The zero-order valence-corrected chi connectivity index (χ0v) is 33.6. The van der Waals surface area contributed by atoms with E-state index in [9.17, 15) is 9.59 Å². The van der Waals surface area contributed by atoms with Crippen LogP contribution in [-0.4, -0.2) is 63.8 Å². The van der Waals surface area contributed by atoms with Crippen molar-refractivity contribution in [2.75, 3.05) is 73.5 Å². The van der Waals surface area contributed by atoms with Crippen LogP contribution >= 0.6 is 58.7 Å². The van der Waals surface area contributed by atoms with Crippen molar-refractivity contribution in [3.63, 3.8) is 0 Å². The Balaban J connectivity index is 0.000000168. The van der Waals surface area contributed by atoms with E-state index in [0.29, 0.717) is 32.1 Å². The molecule has 15 heteroatoms. The summed E-state index contributed by atoms with van der Waals surface area (Å²) >= 11 is 19.1. The fourth-order valence-corrected chi connectivity index (χ4v) is 8.30. The Morgan fingerprint density at radius 2 is 1.22 bits per heavy atom. The lowest BCUT2D eigenvalue weighted by Gasteiger charge is -2.27. The summed E-state index contributed by atoms with van der Waals surface area (Å²) in [5.74, 6) is 1.34. The number of hydrogen-bond donors (Lipinski definition) is 2. The van der Waals surface area contributed by atoms with Gasteiger partial charge in [0.05, 0.1) is 44.8 Å². The highest BCUT2D eigenvalue weighted by Crippen LogP contribution is 2.39. The Hall–Kier alpha value is -4.67. The van der Waals surface area contributed by atoms with Crippen LogP contribution in [0.25, 0.3) is 42.8 Å². The third kappa shape index (κ3) is 9.96. The molecule has 3 N–H and O–H groups in total. The quantitative estimate of drug-likeness (QED) is 0.0692. The van der Waals surface area contributed by atoms with Gasteiger partial charge in [0.15, 0.2) is 22.9 Å². The van der Waals surface area contributed by atoms with Crippen LogP contribution in [0.2, 0.25) is 0 Å². The van der Waals surface area contributed by atoms with E-state index >= 15 is 0 Å². The molecule has 0 bridgehead atoms. The number of amides is 1. The highest BCUT2D eigenvalue weighted by molar-refractivity contribution is 7.72. The standard InChI is InChI=1S/C20H18N2O3S2.C17H16N2O2S2.C3H3ClO/c1-2-17(23)21-14-5-3-4-13(10-14)15-12-27-20-16(26)11-18(25-19(15)20)22-6-8-24-9-7-22;18-12-3-1-2-11(8-12)13-10-23-17-14(22)9-15(21-16(13)17)19-4-6-20-7-5-19;1-2-3(4)5/h2-5,10-12H,1,6-9H2,(H,21,23);1-3,8-10H,4-7,18H2;2H,1H2. The highest BCUT2D eigenvalue weighted by Gasteiger charge is 2.19. The van der Waals surface area contributed by atoms with Gasteiger partial charge in [-0.05, 0) is 59.1 Å². The van der Waals surface area contributed by atoms with Gasteiger partial charge in [0, 0.05) is 71.6 Å². The summed E-state index contributed by atoms with van der Waals surface area (Å²) in [6.45, 7) is 12.6. The average molecular weight is 833 g/mol. The number of rotatable bonds is 7. The lowest BCUT2D eigenvalue weighted by atomic mass is 10.1. The Bertz CT molecular complexity index is 2460. The zero-order chi connectivity index (χ0) is 38.9. The minimum absolute atomic E-state index is 0.241. The topological polar surface area (TPSA) is 123 Å². The molecule has 4 aromatic heterocycles. The van der Waals surface area contributed by atoms with E-state index in [4.69, 9.17) is 60.1 Å². The van der Waals surface area contributed by atoms with Gasteiger partial charge in [0.1, 0.15) is 0 Å². The van der Waals surface area contributed by atoms with Crippen molar-refractivity contribution >= 4 is 114 Å². The van der Waals surface area contributed by atoms with Crippen LogP contribution in [0.3, 0.4) is 0 Å². The first-order chi connectivity index (χ1) is 26.6. The van der Waals surface area contributed by atoms with E-state index in [0.717, 1.165) is 102 Å². The molecule has 55 heavy (non-hydrogen) atoms. The first kappa shape index (κ1) is 40.0. The Labute approximate surface area is 341 Å². The molecule has 6 heterocycles. The van der Waals surface area contributed by atoms with Crippen molar-refractivity contribution in [1.29, 1.82) is 0 Å². The summed E-state index contributed by atoms with van der Waals surface area (Å²) in [6.07, 6.45) is 2.29. The molecule has 10 nitrogen and oxygen atoms in total. The number of carbonyl (C=O) groups excluding carboxylic acids is 2. The molecule has 284 valence electrons. The van der Waals surface area contributed by atoms with E-state index in [1.165, 1.54) is 6.08 Å². The Morgan fingerprint density at radius 1 is 0.745 bits per heavy atom. The average Bonchev–Trinajstić information content (AvgIpc) is 3.85. The van der Waals surface area contributed by atoms with E-state index < -0.39 is 5.24 Å². The van der Waals surface area contributed by atoms with Crippen LogP contribution in [0.1, 0.15) is 0 Å². The second-order valence-corrected chi connectivity index (χ2v) is 15.1. The molecular weight excluding hydrogens is 796 g/mol. The maximum atomic E-state index is 11.6. The fraction of sp³-hybridized carbons (Fsp3) is 0.200. The maximum Gasteiger partial charge on any atom is 0.247 e. The van der Waals surface area contributed by atoms with Gasteiger partial charge >= 0.3 is 0 Å². The third-order valence-electron chi connectivity index (χ3n) is 8.49. The van der Waals surface area contributed by atoms with Gasteiger partial charge in [-0.15, -0.1) is 22.7 Å². The summed E-state index contributed by atoms with van der Waals surface area (Å²) < 4.78 is 26.9. The smallest absolute Gasteiger partial charge is 0.247 e. The second-order valence-electron chi connectivity index (χ2n) is 12.1. The maximum absolute atomic E-state index is 11.6. The largest absolute Gasteiger partial charge is 0.439 e. The van der Waals surface area contributed by atoms with Crippen LogP contribution in [-0.2, 0) is 19.1 Å². The van der Waals surface area contributed by atoms with Crippen molar-refractivity contribution in [3.8, 4) is 22.3 Å². The number of allylic oxidation sites excluding steroid dienone is 1. The number of benzene rings is 2. The van der Waals surface area contributed by atoms with E-state index in [2.05, 4.69) is 33.7 Å². The number of thiophene rings is 2. The van der Waals surface area contributed by atoms with Crippen LogP contribution in [0.5, 0.6) is 0 Å². The zero-order valence-electron chi connectivity index (χ0n) is 29.6. The molecule has 2 aliphatic heterocycles. The van der Waals surface area contributed by atoms with E-state index in [1.807, 2.05) is 66.0 Å². The van der Waals surface area contributed by atoms with E-state index in [-0.39, 0.29) is 5.91 Å². The molecule has 0 aliphatic carbocycles. The SMILES string of the molecule is C=CC(=O)Cl.C=CC(=O)Nc1cccc(-c2csc3c(=S)cc(N4CCOCC4)oc23)c1.Nc1cccc(-c2csc3c(=S)cc(N4CCOCC4)oc23)c1. The molecule has 2 aromatic carbocycles. The number of ether oxygens (including phenoxy) is 2. The third-order valence-corrected chi connectivity index (χ3v) is 11.5. The summed E-state index contributed by atoms with van der Waals surface area (Å²) in [5, 5.41) is 6.41. The number of halogens is 1. The monoisotopic (exact) mass is 832 g/mol. The molecule has 2 aliphatic rings. The van der Waals surface area contributed by atoms with Crippen molar-refractivity contribution < 1.29 is 27.9 Å². The normalized spacial score (nSPS) is 14.0. The number of nitrogen functional groups attached to an aromatic ring is 1. The molecule has 0 saturated carbocycles. The molecule has 0 spiro atoms. The molecule has 0 radical (unpaired) electrons. The number of nitrogens with one attached hydrogen (secondary N) is 1. The Morgan fingerprint density at radius 3 is 1.67 bits per heavy atom. The van der Waals surface area contributed by atoms with Gasteiger partial charge in [-0.1, -0.05) is 61.9 Å². The predicted octanol–water partition coefficient (Wildman–Crippen LogP) is 10.1. The van der Waals surface area contributed by atoms with Gasteiger partial charge in [0.25, 0.3) is 0 Å². The molecule has 0 atom stereocenters. The predicted molar refractivity (Wildman–Crippen MR) is 231 cm³/mol. The van der Waals surface area contributed by atoms with Gasteiger partial charge in [-0.25, -0.2) is 0 Å². The number of hydrogen-bond acceptors (Lipinski definition) is 13. The summed E-state index contributed by atoms with van der Waals surface area (Å²) in [6, 6.07) is 19.4. The number of nitrogens with two attached hydrogens (primary N) is 1. The van der Waals surface area contributed by atoms with Crippen LogP contribution in [0, 0.1) is 9.02 Å². The van der Waals surface area contributed by atoms with E-state index in [1.54, 1.807) is 22.7 Å². The summed E-state index contributed by atoms with van der Waals surface area (Å²) in [5.41, 5.74) is 13.0. The number of anilines is 4. The lowest BCUT2D eigenvalue weighted by Crippen LogP contribution is -2.36. The van der Waals surface area contributed by atoms with Gasteiger partial charge < -0.3 is 39.2 Å². The van der Waals surface area contributed by atoms with Crippen LogP contribution in [0.4, 0.5) is 23.1 Å². The second kappa shape index (κ2) is 18.8. The molecule has 0 unspecified atom stereocenters. The first-order valence-corrected chi connectivity index (χ1v) is 20.1. The molecular formula is C40H37ClN4O6S4. The highest BCUT2D eigenvalue weighted by atomic mass is 35.5. The Kier molecular flexibility index (Phi) is 13.7. The van der Waals surface area contributed by atoms with Gasteiger partial charge in [-0.3, -0.25) is 9.59 Å². The number of carbonyl (C=O) groups is 2. The van der Waals surface area contributed by atoms with Gasteiger partial charge in [0.2, 0.25) is 11.1 Å². The van der Waals surface area contributed by atoms with Gasteiger partial charge in [-0.2, -0.15) is 0 Å². The van der Waals surface area contributed by atoms with Crippen molar-refractivity contribution in [3.05, 3.63) is 106 Å². The van der Waals surface area contributed by atoms with Crippen molar-refractivity contribution in [2.24, 2.45) is 0 Å². The fourth-order valence-electron chi connectivity index (χ4n) is 5.80. The molecule has 6 aromatic rings. The van der Waals surface area contributed by atoms with Crippen molar-refractivity contribution in [1.82, 2.24) is 0 Å². The van der Waals surface area contributed by atoms with Crippen LogP contribution < -0.4 is 20.9 Å². The molecule has 2 saturated heterocycles. The molecule has 8 rings (SSSR count). The number of nitrogens with zero attached hydrogens (tertiary/aromatic N) is 2. The summed E-state index contributed by atoms with van der Waals surface area (Å²) in [7, 11) is 0. The minimum atomic E-state index is -0.509. The summed E-state index contributed by atoms with van der Waals surface area (Å²) in [4.78, 5) is 25.4. The number of fused-ring (bicyclic) bond motifs is 2. The molecule has 2 fully saturated rings. The molecule has 1 amide bonds. The van der Waals surface area contributed by atoms with Crippen molar-refractivity contribution in [2.45, 2.75) is 0 Å². The minimum Gasteiger partial charge on any atom is -0.439 e. The van der Waals surface area contributed by atoms with Crippen LogP contribution in [0.15, 0.2) is 106 Å². The number of morpholine rings is 2.